The van der Waals surface area contributed by atoms with E-state index in [1.807, 2.05) is 32.9 Å². The summed E-state index contributed by atoms with van der Waals surface area (Å²) in [5.74, 6) is 0.708. The Hall–Kier alpha value is -3.06. The van der Waals surface area contributed by atoms with Crippen molar-refractivity contribution >= 4 is 23.2 Å². The molecule has 7 nitrogen and oxygen atoms in total. The van der Waals surface area contributed by atoms with Crippen molar-refractivity contribution in [3.05, 3.63) is 64.5 Å². The maximum absolute atomic E-state index is 9.14. The fourth-order valence-electron chi connectivity index (χ4n) is 2.28. The molecule has 0 saturated carbocycles. The highest BCUT2D eigenvalue weighted by Gasteiger charge is 2.11. The fraction of sp³-hybridized carbons (Fsp3) is 0.286. The third-order valence-corrected chi connectivity index (χ3v) is 3.95. The number of ether oxygens (including phenoxy) is 2. The van der Waals surface area contributed by atoms with Gasteiger partial charge in [0.2, 0.25) is 11.8 Å². The summed E-state index contributed by atoms with van der Waals surface area (Å²) in [5, 5.41) is 21.5. The zero-order valence-electron chi connectivity index (χ0n) is 16.8. The van der Waals surface area contributed by atoms with Crippen LogP contribution in [0.4, 0.5) is 0 Å². The number of nitrogens with one attached hydrogen (secondary N) is 1. The lowest BCUT2D eigenvalue weighted by Gasteiger charge is -2.11. The van der Waals surface area contributed by atoms with Gasteiger partial charge in [-0.2, -0.15) is 0 Å². The summed E-state index contributed by atoms with van der Waals surface area (Å²) in [6, 6.07) is 7.00. The second-order valence-electron chi connectivity index (χ2n) is 6.61. The zero-order valence-corrected chi connectivity index (χ0v) is 17.6. The fourth-order valence-corrected chi connectivity index (χ4v) is 2.49. The first-order valence-electron chi connectivity index (χ1n) is 8.90. The van der Waals surface area contributed by atoms with Gasteiger partial charge in [-0.15, -0.1) is 0 Å². The Kier molecular flexibility index (Phi) is 7.61. The first-order chi connectivity index (χ1) is 13.7. The molecule has 0 aliphatic carbocycles. The van der Waals surface area contributed by atoms with E-state index >= 15 is 0 Å². The van der Waals surface area contributed by atoms with Crippen molar-refractivity contribution in [2.24, 2.45) is 5.16 Å². The van der Waals surface area contributed by atoms with Crippen molar-refractivity contribution in [2.75, 3.05) is 6.61 Å². The molecule has 0 atom stereocenters. The monoisotopic (exact) mass is 417 g/mol. The molecule has 2 aromatic rings. The molecule has 0 aliphatic heterocycles. The highest BCUT2D eigenvalue weighted by atomic mass is 35.5. The molecule has 29 heavy (non-hydrogen) atoms. The normalized spacial score (nSPS) is 11.3. The smallest absolute Gasteiger partial charge is 0.250 e. The lowest BCUT2D eigenvalue weighted by Crippen LogP contribution is -2.09. The van der Waals surface area contributed by atoms with Gasteiger partial charge in [0.25, 0.3) is 0 Å². The van der Waals surface area contributed by atoms with Crippen LogP contribution in [0.3, 0.4) is 0 Å². The molecule has 0 radical (unpaired) electrons. The number of rotatable bonds is 8. The second-order valence-corrected chi connectivity index (χ2v) is 7.02. The molecule has 0 aliphatic rings. The van der Waals surface area contributed by atoms with Crippen molar-refractivity contribution in [3.63, 3.8) is 0 Å². The second kappa shape index (κ2) is 9.93. The van der Waals surface area contributed by atoms with Crippen LogP contribution in [0.15, 0.2) is 48.0 Å². The number of nitrogens with zero attached hydrogens (tertiary/aromatic N) is 2. The SMILES string of the molecule is C=C(O)COc1ccc(/C(C)=N/OC(=N)c2cnc(OC(C)C)c(Cl)c2)cc1C. The van der Waals surface area contributed by atoms with Crippen LogP contribution in [-0.4, -0.2) is 34.4 Å². The van der Waals surface area contributed by atoms with Gasteiger partial charge in [-0.25, -0.2) is 4.98 Å². The van der Waals surface area contributed by atoms with Gasteiger partial charge in [0.05, 0.1) is 17.4 Å². The van der Waals surface area contributed by atoms with Gasteiger partial charge >= 0.3 is 0 Å². The Morgan fingerprint density at radius 1 is 1.31 bits per heavy atom. The largest absolute Gasteiger partial charge is 0.509 e. The van der Waals surface area contributed by atoms with Crippen LogP contribution >= 0.6 is 11.6 Å². The van der Waals surface area contributed by atoms with Crippen LogP contribution in [-0.2, 0) is 4.84 Å². The van der Waals surface area contributed by atoms with E-state index in [2.05, 4.69) is 16.7 Å². The van der Waals surface area contributed by atoms with Crippen LogP contribution in [0.1, 0.15) is 37.5 Å². The van der Waals surface area contributed by atoms with E-state index in [9.17, 15) is 0 Å². The maximum atomic E-state index is 9.14. The molecule has 0 unspecified atom stereocenters. The molecule has 0 amide bonds. The Morgan fingerprint density at radius 3 is 2.62 bits per heavy atom. The molecule has 2 rings (SSSR count). The van der Waals surface area contributed by atoms with Crippen molar-refractivity contribution in [1.29, 1.82) is 5.41 Å². The van der Waals surface area contributed by atoms with E-state index in [-0.39, 0.29) is 24.4 Å². The van der Waals surface area contributed by atoms with Crippen molar-refractivity contribution in [1.82, 2.24) is 4.98 Å². The van der Waals surface area contributed by atoms with Crippen LogP contribution in [0.25, 0.3) is 0 Å². The maximum Gasteiger partial charge on any atom is 0.250 e. The minimum atomic E-state index is -0.187. The minimum absolute atomic E-state index is 0.0329. The predicted molar refractivity (Wildman–Crippen MR) is 114 cm³/mol. The lowest BCUT2D eigenvalue weighted by atomic mass is 10.1. The van der Waals surface area contributed by atoms with Gasteiger partial charge in [-0.05, 0) is 63.1 Å². The molecule has 8 heteroatoms. The number of hydrogen-bond acceptors (Lipinski definition) is 7. The Balaban J connectivity index is 2.07. The van der Waals surface area contributed by atoms with Crippen molar-refractivity contribution in [3.8, 4) is 11.6 Å². The molecule has 0 saturated heterocycles. The first-order valence-corrected chi connectivity index (χ1v) is 9.28. The van der Waals surface area contributed by atoms with E-state index in [1.165, 1.54) is 6.20 Å². The molecule has 0 bridgehead atoms. The zero-order chi connectivity index (χ0) is 21.6. The number of aryl methyl sites for hydroxylation is 1. The summed E-state index contributed by atoms with van der Waals surface area (Å²) in [6.45, 7) is 10.8. The molecule has 1 aromatic carbocycles. The van der Waals surface area contributed by atoms with Gasteiger partial charge in [-0.1, -0.05) is 23.3 Å². The Labute approximate surface area is 175 Å². The number of pyridine rings is 1. The molecule has 0 fully saturated rings. The first kappa shape index (κ1) is 22.2. The average Bonchev–Trinajstić information content (AvgIpc) is 2.65. The minimum Gasteiger partial charge on any atom is -0.509 e. The third kappa shape index (κ3) is 6.50. The van der Waals surface area contributed by atoms with Gasteiger partial charge in [0.1, 0.15) is 23.1 Å². The quantitative estimate of drug-likeness (QED) is 0.271. The highest BCUT2D eigenvalue weighted by molar-refractivity contribution is 6.32. The van der Waals surface area contributed by atoms with Gasteiger partial charge < -0.3 is 19.4 Å². The molecule has 1 aromatic heterocycles. The molecule has 0 spiro atoms. The van der Waals surface area contributed by atoms with E-state index in [0.717, 1.165) is 11.1 Å². The van der Waals surface area contributed by atoms with Crippen LogP contribution in [0.5, 0.6) is 11.6 Å². The lowest BCUT2D eigenvalue weighted by molar-refractivity contribution is 0.232. The molecule has 2 N–H and O–H groups in total. The van der Waals surface area contributed by atoms with E-state index in [4.69, 9.17) is 36.4 Å². The molecule has 154 valence electrons. The van der Waals surface area contributed by atoms with Crippen LogP contribution in [0, 0.1) is 12.3 Å². The number of oxime groups is 1. The van der Waals surface area contributed by atoms with Crippen LogP contribution in [0.2, 0.25) is 5.02 Å². The van der Waals surface area contributed by atoms with Crippen LogP contribution < -0.4 is 9.47 Å². The third-order valence-electron chi connectivity index (χ3n) is 3.68. The summed E-state index contributed by atoms with van der Waals surface area (Å²) in [4.78, 5) is 9.34. The van der Waals surface area contributed by atoms with Crippen molar-refractivity contribution in [2.45, 2.75) is 33.8 Å². The molecular weight excluding hydrogens is 394 g/mol. The molecular formula is C21H24ClN3O4. The van der Waals surface area contributed by atoms with Gasteiger partial charge in [0.15, 0.2) is 0 Å². The highest BCUT2D eigenvalue weighted by Crippen LogP contribution is 2.24. The predicted octanol–water partition coefficient (Wildman–Crippen LogP) is 5.05. The number of halogens is 1. The van der Waals surface area contributed by atoms with E-state index in [1.54, 1.807) is 19.1 Å². The number of aromatic nitrogens is 1. The van der Waals surface area contributed by atoms with Gasteiger partial charge in [-0.3, -0.25) is 5.41 Å². The summed E-state index contributed by atoms with van der Waals surface area (Å²) < 4.78 is 10.9. The standard InChI is InChI=1S/C21H24ClN3O4/c1-12(2)28-21-18(22)9-17(10-24-21)20(23)29-25-15(5)16-6-7-19(13(3)8-16)27-11-14(4)26/h6-10,12,23,26H,4,11H2,1-3,5H3/b23-20?,25-15+. The average molecular weight is 418 g/mol. The number of aliphatic hydroxyl groups is 1. The number of hydrogen-bond donors (Lipinski definition) is 2. The van der Waals surface area contributed by atoms with E-state index in [0.29, 0.717) is 27.9 Å². The summed E-state index contributed by atoms with van der Waals surface area (Å²) >= 11 is 6.15. The van der Waals surface area contributed by atoms with E-state index < -0.39 is 0 Å². The number of benzene rings is 1. The summed E-state index contributed by atoms with van der Waals surface area (Å²) in [6.07, 6.45) is 1.39. The number of aliphatic hydroxyl groups excluding tert-OH is 1. The topological polar surface area (TPSA) is 97.0 Å². The Morgan fingerprint density at radius 2 is 2.03 bits per heavy atom. The summed E-state index contributed by atoms with van der Waals surface area (Å²) in [7, 11) is 0. The molecule has 1 heterocycles. The van der Waals surface area contributed by atoms with Crippen molar-refractivity contribution < 1.29 is 19.4 Å². The Bertz CT molecular complexity index is 942. The van der Waals surface area contributed by atoms with Gasteiger partial charge in [0, 0.05) is 6.20 Å². The summed E-state index contributed by atoms with van der Waals surface area (Å²) in [5.41, 5.74) is 2.63.